The van der Waals surface area contributed by atoms with Gasteiger partial charge in [0.1, 0.15) is 5.01 Å². The Morgan fingerprint density at radius 1 is 1.00 bits per heavy atom. The number of alkyl carbamates (subject to hydrolysis) is 1. The van der Waals surface area contributed by atoms with Crippen molar-refractivity contribution in [3.8, 4) is 9.88 Å². The highest BCUT2D eigenvalue weighted by Crippen LogP contribution is 2.31. The van der Waals surface area contributed by atoms with Crippen molar-refractivity contribution in [1.82, 2.24) is 15.6 Å². The predicted molar refractivity (Wildman–Crippen MR) is 151 cm³/mol. The van der Waals surface area contributed by atoms with Gasteiger partial charge >= 0.3 is 16.4 Å². The first kappa shape index (κ1) is 27.7. The first-order valence-corrected chi connectivity index (χ1v) is 14.9. The van der Waals surface area contributed by atoms with Gasteiger partial charge in [-0.2, -0.15) is 8.42 Å². The highest BCUT2D eigenvalue weighted by Gasteiger charge is 2.20. The number of aromatic nitrogens is 1. The van der Waals surface area contributed by atoms with Gasteiger partial charge in [-0.3, -0.25) is 9.27 Å². The minimum Gasteiger partial charge on any atom is -0.453 e. The molecular formula is C26H28N4O5S3. The average Bonchev–Trinajstić information content (AvgIpc) is 3.59. The van der Waals surface area contributed by atoms with Gasteiger partial charge in [-0.1, -0.05) is 48.5 Å². The Bertz CT molecular complexity index is 1410. The van der Waals surface area contributed by atoms with Gasteiger partial charge in [0.25, 0.3) is 0 Å². The second kappa shape index (κ2) is 13.0. The molecule has 9 nitrogen and oxygen atoms in total. The number of thiazole rings is 1. The van der Waals surface area contributed by atoms with Crippen LogP contribution in [-0.4, -0.2) is 43.7 Å². The zero-order chi connectivity index (χ0) is 27.0. The summed E-state index contributed by atoms with van der Waals surface area (Å²) in [7, 11) is -3.01. The summed E-state index contributed by atoms with van der Waals surface area (Å²) < 4.78 is 38.2. The lowest BCUT2D eigenvalue weighted by Gasteiger charge is -2.23. The summed E-state index contributed by atoms with van der Waals surface area (Å²) in [5, 5.41) is 11.5. The van der Waals surface area contributed by atoms with Gasteiger partial charge in [0.05, 0.1) is 29.4 Å². The van der Waals surface area contributed by atoms with Crippen LogP contribution in [0.5, 0.6) is 0 Å². The summed E-state index contributed by atoms with van der Waals surface area (Å²) in [5.74, 6) is 0. The molecule has 0 aliphatic heterocycles. The van der Waals surface area contributed by atoms with E-state index in [4.69, 9.17) is 14.3 Å². The fourth-order valence-corrected chi connectivity index (χ4v) is 6.04. The minimum absolute atomic E-state index is 0.182. The lowest BCUT2D eigenvalue weighted by molar-refractivity contribution is 0.166. The van der Waals surface area contributed by atoms with E-state index in [-0.39, 0.29) is 17.8 Å². The zero-order valence-corrected chi connectivity index (χ0v) is 23.0. The van der Waals surface area contributed by atoms with Gasteiger partial charge in [-0.05, 0) is 47.5 Å². The number of anilines is 1. The van der Waals surface area contributed by atoms with Crippen LogP contribution < -0.4 is 15.4 Å². The summed E-state index contributed by atoms with van der Waals surface area (Å²) >= 11 is 3.20. The molecule has 12 heteroatoms. The quantitative estimate of drug-likeness (QED) is 0.177. The standard InChI is InChI=1S/C26H28N4O5S3/c1-35-26(31)28-21(14-18-6-3-2-4-7-18)16-27-22(23-17-37-25(29-23)24-8-5-13-36-24)15-19-9-11-20(12-10-19)30-38(32,33)34/h2-13,17,21-22,27,30H,14-16H2,1H3,(H,28,31)(H,32,33,34)/t21-,22-/m0/s1. The number of rotatable bonds is 12. The Kier molecular flexibility index (Phi) is 9.48. The molecular weight excluding hydrogens is 545 g/mol. The molecule has 1 amide bonds. The highest BCUT2D eigenvalue weighted by atomic mass is 32.2. The van der Waals surface area contributed by atoms with Crippen LogP contribution in [0.25, 0.3) is 9.88 Å². The summed E-state index contributed by atoms with van der Waals surface area (Å²) in [6.07, 6.45) is 0.680. The summed E-state index contributed by atoms with van der Waals surface area (Å²) in [6.45, 7) is 0.461. The van der Waals surface area contributed by atoms with E-state index in [2.05, 4.69) is 10.6 Å². The number of ether oxygens (including phenoxy) is 1. The molecule has 0 saturated carbocycles. The van der Waals surface area contributed by atoms with Crippen molar-refractivity contribution >= 4 is 44.8 Å². The number of hydrogen-bond donors (Lipinski definition) is 4. The fraction of sp³-hybridized carbons (Fsp3) is 0.231. The molecule has 2 atom stereocenters. The summed E-state index contributed by atoms with van der Waals surface area (Å²) in [4.78, 5) is 18.0. The zero-order valence-electron chi connectivity index (χ0n) is 20.5. The van der Waals surface area contributed by atoms with Crippen LogP contribution in [0.15, 0.2) is 77.5 Å². The fourth-order valence-electron chi connectivity index (χ4n) is 3.92. The molecule has 0 spiro atoms. The molecule has 0 unspecified atom stereocenters. The highest BCUT2D eigenvalue weighted by molar-refractivity contribution is 7.87. The minimum atomic E-state index is -4.35. The van der Waals surface area contributed by atoms with Gasteiger partial charge in [-0.25, -0.2) is 9.78 Å². The first-order valence-electron chi connectivity index (χ1n) is 11.7. The average molecular weight is 573 g/mol. The Labute approximate surface area is 229 Å². The van der Waals surface area contributed by atoms with E-state index in [1.807, 2.05) is 57.9 Å². The van der Waals surface area contributed by atoms with Crippen molar-refractivity contribution in [2.24, 2.45) is 0 Å². The summed E-state index contributed by atoms with van der Waals surface area (Å²) in [6, 6.07) is 20.3. The normalized spacial score (nSPS) is 13.0. The SMILES string of the molecule is COC(=O)N[C@H](CN[C@@H](Cc1ccc(NS(=O)(=O)O)cc1)c1csc(-c2cccs2)n1)Cc1ccccc1. The van der Waals surface area contributed by atoms with Crippen molar-refractivity contribution in [3.05, 3.63) is 94.3 Å². The van der Waals surface area contributed by atoms with Gasteiger partial charge in [0.2, 0.25) is 0 Å². The number of carbonyl (C=O) groups excluding carboxylic acids is 1. The molecule has 2 aromatic carbocycles. The van der Waals surface area contributed by atoms with E-state index in [0.29, 0.717) is 19.4 Å². The largest absolute Gasteiger partial charge is 0.453 e. The van der Waals surface area contributed by atoms with Crippen molar-refractivity contribution in [2.75, 3.05) is 18.4 Å². The molecule has 0 aliphatic carbocycles. The van der Waals surface area contributed by atoms with Gasteiger partial charge in [-0.15, -0.1) is 22.7 Å². The molecule has 0 fully saturated rings. The van der Waals surface area contributed by atoms with E-state index in [1.54, 1.807) is 46.9 Å². The monoisotopic (exact) mass is 572 g/mol. The van der Waals surface area contributed by atoms with Gasteiger partial charge in [0, 0.05) is 18.0 Å². The molecule has 38 heavy (non-hydrogen) atoms. The van der Waals surface area contributed by atoms with Gasteiger partial charge < -0.3 is 15.4 Å². The van der Waals surface area contributed by atoms with Crippen molar-refractivity contribution in [1.29, 1.82) is 0 Å². The Hall–Kier alpha value is -3.29. The maximum Gasteiger partial charge on any atom is 0.407 e. The molecule has 0 bridgehead atoms. The smallest absolute Gasteiger partial charge is 0.407 e. The summed E-state index contributed by atoms with van der Waals surface area (Å²) in [5.41, 5.74) is 3.16. The molecule has 0 aliphatic rings. The van der Waals surface area contributed by atoms with Crippen LogP contribution in [0.3, 0.4) is 0 Å². The van der Waals surface area contributed by atoms with Crippen LogP contribution in [0.1, 0.15) is 22.9 Å². The number of thiophene rings is 1. The molecule has 4 N–H and O–H groups in total. The number of amides is 1. The Morgan fingerprint density at radius 3 is 2.39 bits per heavy atom. The second-order valence-corrected chi connectivity index (χ2v) is 11.5. The van der Waals surface area contributed by atoms with E-state index in [1.165, 1.54) is 7.11 Å². The Morgan fingerprint density at radius 2 is 1.74 bits per heavy atom. The molecule has 0 radical (unpaired) electrons. The second-order valence-electron chi connectivity index (χ2n) is 8.52. The lowest BCUT2D eigenvalue weighted by atomic mass is 10.0. The third-order valence-corrected chi connectivity index (χ3v) is 8.09. The number of hydrogen-bond acceptors (Lipinski definition) is 8. The van der Waals surface area contributed by atoms with E-state index in [9.17, 15) is 13.2 Å². The number of carbonyl (C=O) groups is 1. The number of methoxy groups -OCH3 is 1. The van der Waals surface area contributed by atoms with Crippen LogP contribution in [0.2, 0.25) is 0 Å². The van der Waals surface area contributed by atoms with Crippen LogP contribution in [0.4, 0.5) is 10.5 Å². The van der Waals surface area contributed by atoms with E-state index >= 15 is 0 Å². The topological polar surface area (TPSA) is 130 Å². The van der Waals surface area contributed by atoms with E-state index < -0.39 is 16.4 Å². The van der Waals surface area contributed by atoms with Crippen LogP contribution in [-0.2, 0) is 27.9 Å². The van der Waals surface area contributed by atoms with Crippen molar-refractivity contribution in [3.63, 3.8) is 0 Å². The molecule has 200 valence electrons. The maximum atomic E-state index is 12.0. The molecule has 4 rings (SSSR count). The third kappa shape index (κ3) is 8.36. The lowest BCUT2D eigenvalue weighted by Crippen LogP contribution is -2.44. The van der Waals surface area contributed by atoms with Crippen molar-refractivity contribution < 1.29 is 22.5 Å². The maximum absolute atomic E-state index is 12.0. The number of benzene rings is 2. The number of nitrogens with one attached hydrogen (secondary N) is 3. The molecule has 4 aromatic rings. The van der Waals surface area contributed by atoms with Crippen LogP contribution in [0, 0.1) is 0 Å². The number of nitrogens with zero attached hydrogens (tertiary/aromatic N) is 1. The predicted octanol–water partition coefficient (Wildman–Crippen LogP) is 4.93. The third-order valence-electron chi connectivity index (χ3n) is 5.69. The van der Waals surface area contributed by atoms with Gasteiger partial charge in [0.15, 0.2) is 0 Å². The van der Waals surface area contributed by atoms with E-state index in [0.717, 1.165) is 26.7 Å². The van der Waals surface area contributed by atoms with Crippen LogP contribution >= 0.6 is 22.7 Å². The van der Waals surface area contributed by atoms with Crippen molar-refractivity contribution in [2.45, 2.75) is 24.9 Å². The molecule has 2 heterocycles. The molecule has 2 aromatic heterocycles. The Balaban J connectivity index is 1.54. The molecule has 0 saturated heterocycles. The first-order chi connectivity index (χ1) is 18.3.